The van der Waals surface area contributed by atoms with Crippen molar-refractivity contribution in [3.8, 4) is 0 Å². The van der Waals surface area contributed by atoms with Crippen LogP contribution in [-0.2, 0) is 4.74 Å². The van der Waals surface area contributed by atoms with E-state index in [9.17, 15) is 14.7 Å². The van der Waals surface area contributed by atoms with E-state index >= 15 is 0 Å². The number of aliphatic hydroxyl groups is 1. The van der Waals surface area contributed by atoms with E-state index < -0.39 is 12.1 Å². The van der Waals surface area contributed by atoms with Crippen LogP contribution in [0.4, 0.5) is 0 Å². The number of aryl methyl sites for hydroxylation is 1. The molecule has 2 aliphatic heterocycles. The monoisotopic (exact) mass is 551 g/mol. The van der Waals surface area contributed by atoms with Gasteiger partial charge in [0.1, 0.15) is 6.10 Å². The molecule has 0 aliphatic carbocycles. The van der Waals surface area contributed by atoms with Gasteiger partial charge < -0.3 is 9.84 Å². The molecule has 0 bridgehead atoms. The molecule has 0 spiro atoms. The van der Waals surface area contributed by atoms with Crippen molar-refractivity contribution in [3.05, 3.63) is 59.2 Å². The van der Waals surface area contributed by atoms with Crippen LogP contribution in [0.15, 0.2) is 52.3 Å². The predicted molar refractivity (Wildman–Crippen MR) is 157 cm³/mol. The predicted octanol–water partition coefficient (Wildman–Crippen LogP) is 7.96. The molecule has 1 saturated heterocycles. The fourth-order valence-corrected chi connectivity index (χ4v) is 6.70. The number of nitrogens with zero attached hydrogens (tertiary/aromatic N) is 1. The van der Waals surface area contributed by atoms with Crippen LogP contribution in [0.1, 0.15) is 117 Å². The Labute approximate surface area is 238 Å². The van der Waals surface area contributed by atoms with E-state index in [2.05, 4.69) is 6.92 Å². The summed E-state index contributed by atoms with van der Waals surface area (Å²) in [5, 5.41) is 11.1. The summed E-state index contributed by atoms with van der Waals surface area (Å²) in [5.41, 5.74) is 2.02. The van der Waals surface area contributed by atoms with Crippen molar-refractivity contribution in [3.63, 3.8) is 0 Å². The van der Waals surface area contributed by atoms with Gasteiger partial charge in [-0.3, -0.25) is 14.5 Å². The number of imide groups is 1. The molecular formula is C33H45NO4S. The maximum Gasteiger partial charge on any atom is 0.263 e. The first kappa shape index (κ1) is 29.8. The quantitative estimate of drug-likeness (QED) is 0.169. The van der Waals surface area contributed by atoms with Gasteiger partial charge in [-0.2, -0.15) is 0 Å². The summed E-state index contributed by atoms with van der Waals surface area (Å²) in [4.78, 5) is 29.8. The van der Waals surface area contributed by atoms with E-state index in [1.807, 2.05) is 43.3 Å². The zero-order valence-electron chi connectivity index (χ0n) is 23.7. The second-order valence-electron chi connectivity index (χ2n) is 11.2. The number of hydrogen-bond donors (Lipinski definition) is 1. The lowest BCUT2D eigenvalue weighted by molar-refractivity contribution is 0.0252. The van der Waals surface area contributed by atoms with Gasteiger partial charge in [-0.1, -0.05) is 119 Å². The summed E-state index contributed by atoms with van der Waals surface area (Å²) in [6.45, 7) is 4.49. The highest BCUT2D eigenvalue weighted by molar-refractivity contribution is 7.99. The van der Waals surface area contributed by atoms with Gasteiger partial charge in [-0.15, -0.1) is 0 Å². The Kier molecular flexibility index (Phi) is 11.5. The molecule has 2 aliphatic rings. The molecule has 2 amide bonds. The standard InChI is InChI=1S/C33H45NO4S/c1-3-4-5-6-7-8-9-10-11-12-13-14-17-28-31(35)27(23-38-28)34-32(36)26-16-15-18-29(30(26)33(34)37)39-25-21-19-24(2)20-22-25/h15-16,18-22,27-28,31,35H,3-14,17,23H2,1-2H3/t27-,28+,31-/m0/s1. The molecule has 6 heteroatoms. The molecule has 212 valence electrons. The molecule has 2 aromatic rings. The molecule has 1 N–H and O–H groups in total. The van der Waals surface area contributed by atoms with E-state index in [-0.39, 0.29) is 24.5 Å². The summed E-state index contributed by atoms with van der Waals surface area (Å²) >= 11 is 1.49. The fraction of sp³-hybridized carbons (Fsp3) is 0.576. The zero-order chi connectivity index (χ0) is 27.6. The number of ether oxygens (including phenoxy) is 1. The van der Waals surface area contributed by atoms with Crippen molar-refractivity contribution in [1.29, 1.82) is 0 Å². The smallest absolute Gasteiger partial charge is 0.263 e. The van der Waals surface area contributed by atoms with Crippen molar-refractivity contribution in [2.45, 2.75) is 125 Å². The Balaban J connectivity index is 1.22. The zero-order valence-corrected chi connectivity index (χ0v) is 24.5. The van der Waals surface area contributed by atoms with Gasteiger partial charge in [0.2, 0.25) is 0 Å². The van der Waals surface area contributed by atoms with Crippen molar-refractivity contribution < 1.29 is 19.4 Å². The summed E-state index contributed by atoms with van der Waals surface area (Å²) < 4.78 is 5.92. The molecule has 2 aromatic carbocycles. The third-order valence-electron chi connectivity index (χ3n) is 8.09. The number of hydrogen-bond acceptors (Lipinski definition) is 5. The van der Waals surface area contributed by atoms with Crippen LogP contribution in [0.25, 0.3) is 0 Å². The van der Waals surface area contributed by atoms with Gasteiger partial charge >= 0.3 is 0 Å². The highest BCUT2D eigenvalue weighted by Gasteiger charge is 2.48. The molecule has 2 heterocycles. The molecule has 1 fully saturated rings. The first-order valence-electron chi connectivity index (χ1n) is 15.1. The normalized spacial score (nSPS) is 20.7. The summed E-state index contributed by atoms with van der Waals surface area (Å²) in [5.74, 6) is -0.663. The number of unbranched alkanes of at least 4 members (excludes halogenated alkanes) is 11. The largest absolute Gasteiger partial charge is 0.388 e. The minimum absolute atomic E-state index is 0.190. The number of carbonyl (C=O) groups excluding carboxylic acids is 2. The van der Waals surface area contributed by atoms with Gasteiger partial charge in [0, 0.05) is 9.79 Å². The number of fused-ring (bicyclic) bond motifs is 1. The van der Waals surface area contributed by atoms with Gasteiger partial charge in [-0.05, 0) is 37.6 Å². The molecule has 0 saturated carbocycles. The number of rotatable bonds is 16. The number of aliphatic hydroxyl groups excluding tert-OH is 1. The maximum atomic E-state index is 13.5. The molecule has 39 heavy (non-hydrogen) atoms. The lowest BCUT2D eigenvalue weighted by Gasteiger charge is -2.25. The van der Waals surface area contributed by atoms with Crippen LogP contribution < -0.4 is 0 Å². The third-order valence-corrected chi connectivity index (χ3v) is 9.15. The Morgan fingerprint density at radius 2 is 1.46 bits per heavy atom. The Morgan fingerprint density at radius 1 is 0.846 bits per heavy atom. The summed E-state index contributed by atoms with van der Waals surface area (Å²) in [6, 6.07) is 12.9. The van der Waals surface area contributed by atoms with E-state index in [0.29, 0.717) is 11.1 Å². The minimum atomic E-state index is -0.854. The Hall–Kier alpha value is -2.15. The highest BCUT2D eigenvalue weighted by atomic mass is 32.2. The molecule has 0 aromatic heterocycles. The summed E-state index contributed by atoms with van der Waals surface area (Å²) in [6.07, 6.45) is 15.0. The highest BCUT2D eigenvalue weighted by Crippen LogP contribution is 2.38. The molecule has 5 nitrogen and oxygen atoms in total. The second kappa shape index (κ2) is 15.0. The first-order valence-corrected chi connectivity index (χ1v) is 15.9. The van der Waals surface area contributed by atoms with Crippen LogP contribution in [0.2, 0.25) is 0 Å². The molecule has 0 unspecified atom stereocenters. The van der Waals surface area contributed by atoms with Crippen LogP contribution >= 0.6 is 11.8 Å². The third kappa shape index (κ3) is 7.74. The van der Waals surface area contributed by atoms with Gasteiger partial charge in [0.15, 0.2) is 0 Å². The van der Waals surface area contributed by atoms with Gasteiger partial charge in [0.25, 0.3) is 11.8 Å². The average Bonchev–Trinajstić information content (AvgIpc) is 3.41. The van der Waals surface area contributed by atoms with Crippen molar-refractivity contribution >= 4 is 23.6 Å². The van der Waals surface area contributed by atoms with E-state index in [4.69, 9.17) is 4.74 Å². The van der Waals surface area contributed by atoms with Crippen molar-refractivity contribution in [2.24, 2.45) is 0 Å². The lowest BCUT2D eigenvalue weighted by Crippen LogP contribution is -2.47. The number of amides is 2. The SMILES string of the molecule is CCCCCCCCCCCCCC[C@H]1OC[C@H](N2C(=O)c3cccc(Sc4ccc(C)cc4)c3C2=O)[C@@H]1O. The van der Waals surface area contributed by atoms with E-state index in [1.165, 1.54) is 86.4 Å². The average molecular weight is 552 g/mol. The fourth-order valence-electron chi connectivity index (χ4n) is 5.73. The van der Waals surface area contributed by atoms with E-state index in [1.54, 1.807) is 6.07 Å². The molecule has 3 atom stereocenters. The number of benzene rings is 2. The van der Waals surface area contributed by atoms with Gasteiger partial charge in [-0.25, -0.2) is 0 Å². The van der Waals surface area contributed by atoms with Crippen LogP contribution in [0.3, 0.4) is 0 Å². The lowest BCUT2D eigenvalue weighted by atomic mass is 10.0. The minimum Gasteiger partial charge on any atom is -0.388 e. The molecular weight excluding hydrogens is 506 g/mol. The first-order chi connectivity index (χ1) is 19.0. The Bertz CT molecular complexity index is 1090. The maximum absolute atomic E-state index is 13.5. The van der Waals surface area contributed by atoms with Crippen LogP contribution in [0.5, 0.6) is 0 Å². The summed E-state index contributed by atoms with van der Waals surface area (Å²) in [7, 11) is 0. The molecule has 0 radical (unpaired) electrons. The van der Waals surface area contributed by atoms with E-state index in [0.717, 1.165) is 29.1 Å². The van der Waals surface area contributed by atoms with Gasteiger partial charge in [0.05, 0.1) is 29.9 Å². The Morgan fingerprint density at radius 3 is 2.10 bits per heavy atom. The molecule has 4 rings (SSSR count). The van der Waals surface area contributed by atoms with Crippen molar-refractivity contribution in [1.82, 2.24) is 4.90 Å². The second-order valence-corrected chi connectivity index (χ2v) is 12.3. The number of carbonyl (C=O) groups is 2. The van der Waals surface area contributed by atoms with Crippen molar-refractivity contribution in [2.75, 3.05) is 6.61 Å². The van der Waals surface area contributed by atoms with Crippen LogP contribution in [0, 0.1) is 6.92 Å². The van der Waals surface area contributed by atoms with Crippen LogP contribution in [-0.4, -0.2) is 46.7 Å². The topological polar surface area (TPSA) is 66.8 Å².